The maximum atomic E-state index is 14.0. The van der Waals surface area contributed by atoms with E-state index in [1.807, 2.05) is 54.0 Å². The van der Waals surface area contributed by atoms with E-state index in [0.717, 1.165) is 42.3 Å². The summed E-state index contributed by atoms with van der Waals surface area (Å²) in [6.07, 6.45) is 8.06. The van der Waals surface area contributed by atoms with Crippen LogP contribution in [0.5, 0.6) is 0 Å². The number of para-hydroxylation sites is 1. The molecule has 2 amide bonds. The van der Waals surface area contributed by atoms with E-state index in [1.54, 1.807) is 4.90 Å². The van der Waals surface area contributed by atoms with Crippen molar-refractivity contribution in [2.24, 2.45) is 0 Å². The molecule has 1 saturated carbocycles. The van der Waals surface area contributed by atoms with Crippen molar-refractivity contribution in [3.05, 3.63) is 65.9 Å². The zero-order chi connectivity index (χ0) is 24.6. The van der Waals surface area contributed by atoms with Crippen LogP contribution in [0.4, 0.5) is 5.69 Å². The molecule has 3 aromatic rings. The SMILES string of the molecule is CC(C)c1ccc(N2C(=O)c3cc4ccccc4n3CC2(C)C(=O)NC2CCCCCCC2)cc1. The quantitative estimate of drug-likeness (QED) is 0.478. The lowest BCUT2D eigenvalue weighted by atomic mass is 9.91. The Morgan fingerprint density at radius 3 is 2.31 bits per heavy atom. The van der Waals surface area contributed by atoms with Crippen LogP contribution in [0.1, 0.15) is 87.7 Å². The van der Waals surface area contributed by atoms with Crippen LogP contribution in [0.2, 0.25) is 0 Å². The highest BCUT2D eigenvalue weighted by Gasteiger charge is 2.49. The largest absolute Gasteiger partial charge is 0.351 e. The summed E-state index contributed by atoms with van der Waals surface area (Å²) in [7, 11) is 0. The second-order valence-electron chi connectivity index (χ2n) is 10.9. The third kappa shape index (κ3) is 4.37. The lowest BCUT2D eigenvalue weighted by molar-refractivity contribution is -0.127. The lowest BCUT2D eigenvalue weighted by Crippen LogP contribution is -2.65. The summed E-state index contributed by atoms with van der Waals surface area (Å²) in [6, 6.07) is 18.3. The van der Waals surface area contributed by atoms with Crippen molar-refractivity contribution in [1.82, 2.24) is 9.88 Å². The maximum Gasteiger partial charge on any atom is 0.275 e. The van der Waals surface area contributed by atoms with Gasteiger partial charge in [-0.15, -0.1) is 0 Å². The van der Waals surface area contributed by atoms with E-state index in [2.05, 4.69) is 31.3 Å². The van der Waals surface area contributed by atoms with Crippen LogP contribution in [0, 0.1) is 0 Å². The van der Waals surface area contributed by atoms with Crippen LogP contribution in [-0.2, 0) is 11.3 Å². The number of hydrogen-bond donors (Lipinski definition) is 1. The maximum absolute atomic E-state index is 14.0. The smallest absolute Gasteiger partial charge is 0.275 e. The number of nitrogens with zero attached hydrogens (tertiary/aromatic N) is 2. The average molecular weight is 472 g/mol. The molecule has 184 valence electrons. The Balaban J connectivity index is 1.56. The number of hydrogen-bond acceptors (Lipinski definition) is 2. The number of carbonyl (C=O) groups excluding carboxylic acids is 2. The van der Waals surface area contributed by atoms with Gasteiger partial charge in [0.15, 0.2) is 0 Å². The second kappa shape index (κ2) is 9.52. The van der Waals surface area contributed by atoms with Crippen LogP contribution in [0.25, 0.3) is 10.9 Å². The number of anilines is 1. The Bertz CT molecular complexity index is 1220. The lowest BCUT2D eigenvalue weighted by Gasteiger charge is -2.44. The summed E-state index contributed by atoms with van der Waals surface area (Å²) in [4.78, 5) is 29.8. The molecule has 35 heavy (non-hydrogen) atoms. The first-order valence-electron chi connectivity index (χ1n) is 13.2. The van der Waals surface area contributed by atoms with E-state index in [4.69, 9.17) is 0 Å². The molecule has 1 atom stereocenters. The van der Waals surface area contributed by atoms with Crippen LogP contribution < -0.4 is 10.2 Å². The summed E-state index contributed by atoms with van der Waals surface area (Å²) < 4.78 is 2.04. The summed E-state index contributed by atoms with van der Waals surface area (Å²) in [5, 5.41) is 4.40. The van der Waals surface area contributed by atoms with Crippen molar-refractivity contribution in [3.8, 4) is 0 Å². The molecule has 2 aromatic carbocycles. The molecular formula is C30H37N3O2. The normalized spacial score (nSPS) is 21.6. The highest BCUT2D eigenvalue weighted by molar-refractivity contribution is 6.14. The fraction of sp³-hybridized carbons (Fsp3) is 0.467. The minimum absolute atomic E-state index is 0.0622. The van der Waals surface area contributed by atoms with Gasteiger partial charge in [-0.2, -0.15) is 0 Å². The van der Waals surface area contributed by atoms with E-state index in [9.17, 15) is 9.59 Å². The number of nitrogens with one attached hydrogen (secondary N) is 1. The summed E-state index contributed by atoms with van der Waals surface area (Å²) in [5.41, 5.74) is 2.58. The number of carbonyl (C=O) groups is 2. The number of amides is 2. The van der Waals surface area contributed by atoms with Gasteiger partial charge in [-0.25, -0.2) is 0 Å². The molecule has 1 N–H and O–H groups in total. The summed E-state index contributed by atoms with van der Waals surface area (Å²) in [5.74, 6) is 0.213. The number of fused-ring (bicyclic) bond motifs is 3. The van der Waals surface area contributed by atoms with E-state index in [1.165, 1.54) is 24.8 Å². The minimum atomic E-state index is -1.03. The van der Waals surface area contributed by atoms with Gasteiger partial charge >= 0.3 is 0 Å². The summed E-state index contributed by atoms with van der Waals surface area (Å²) >= 11 is 0. The second-order valence-corrected chi connectivity index (χ2v) is 10.9. The zero-order valence-corrected chi connectivity index (χ0v) is 21.2. The Morgan fingerprint density at radius 2 is 1.63 bits per heavy atom. The van der Waals surface area contributed by atoms with Crippen molar-refractivity contribution < 1.29 is 9.59 Å². The first-order valence-corrected chi connectivity index (χ1v) is 13.2. The van der Waals surface area contributed by atoms with Gasteiger partial charge in [-0.3, -0.25) is 14.5 Å². The Labute approximate surface area is 208 Å². The summed E-state index contributed by atoms with van der Waals surface area (Å²) in [6.45, 7) is 6.67. The van der Waals surface area contributed by atoms with Crippen LogP contribution in [0.15, 0.2) is 54.6 Å². The van der Waals surface area contributed by atoms with Crippen molar-refractivity contribution in [3.63, 3.8) is 0 Å². The van der Waals surface area contributed by atoms with E-state index in [0.29, 0.717) is 18.2 Å². The van der Waals surface area contributed by atoms with Crippen molar-refractivity contribution in [2.75, 3.05) is 4.90 Å². The first-order chi connectivity index (χ1) is 16.9. The molecule has 5 heteroatoms. The van der Waals surface area contributed by atoms with Crippen LogP contribution in [0.3, 0.4) is 0 Å². The van der Waals surface area contributed by atoms with E-state index < -0.39 is 5.54 Å². The van der Waals surface area contributed by atoms with Gasteiger partial charge in [-0.05, 0) is 55.5 Å². The monoisotopic (exact) mass is 471 g/mol. The molecule has 1 fully saturated rings. The molecular weight excluding hydrogens is 434 g/mol. The Hall–Kier alpha value is -3.08. The number of rotatable bonds is 4. The zero-order valence-electron chi connectivity index (χ0n) is 21.2. The van der Waals surface area contributed by atoms with Crippen molar-refractivity contribution >= 4 is 28.4 Å². The molecule has 0 spiro atoms. The molecule has 1 unspecified atom stereocenters. The van der Waals surface area contributed by atoms with Gasteiger partial charge < -0.3 is 9.88 Å². The highest BCUT2D eigenvalue weighted by atomic mass is 16.2. The number of benzene rings is 2. The van der Waals surface area contributed by atoms with Gasteiger partial charge in [0.05, 0.1) is 6.54 Å². The molecule has 2 heterocycles. The van der Waals surface area contributed by atoms with E-state index >= 15 is 0 Å². The third-order valence-corrected chi connectivity index (χ3v) is 7.94. The fourth-order valence-corrected chi connectivity index (χ4v) is 5.80. The van der Waals surface area contributed by atoms with Crippen LogP contribution in [-0.4, -0.2) is 28.0 Å². The number of aromatic nitrogens is 1. The first kappa shape index (κ1) is 23.7. The third-order valence-electron chi connectivity index (χ3n) is 7.94. The van der Waals surface area contributed by atoms with Gasteiger partial charge in [-0.1, -0.05) is 76.3 Å². The van der Waals surface area contributed by atoms with Crippen molar-refractivity contribution in [1.29, 1.82) is 0 Å². The van der Waals surface area contributed by atoms with Gasteiger partial charge in [0.2, 0.25) is 5.91 Å². The molecule has 0 saturated heterocycles. The standard InChI is InChI=1S/C30H37N3O2/c1-21(2)22-15-17-25(18-16-22)33-28(34)27-19-23-11-9-10-14-26(23)32(27)20-30(33,3)29(35)31-24-12-7-5-4-6-8-13-24/h9-11,14-19,21,24H,4-8,12-13,20H2,1-3H3,(H,31,35). The molecule has 5 nitrogen and oxygen atoms in total. The fourth-order valence-electron chi connectivity index (χ4n) is 5.80. The van der Waals surface area contributed by atoms with Gasteiger partial charge in [0.1, 0.15) is 11.2 Å². The van der Waals surface area contributed by atoms with Gasteiger partial charge in [0, 0.05) is 22.6 Å². The molecule has 5 rings (SSSR count). The Kier molecular flexibility index (Phi) is 6.43. The van der Waals surface area contributed by atoms with Crippen LogP contribution >= 0.6 is 0 Å². The van der Waals surface area contributed by atoms with Gasteiger partial charge in [0.25, 0.3) is 5.91 Å². The molecule has 1 aliphatic heterocycles. The predicted octanol–water partition coefficient (Wildman–Crippen LogP) is 6.41. The minimum Gasteiger partial charge on any atom is -0.351 e. The van der Waals surface area contributed by atoms with E-state index in [-0.39, 0.29) is 17.9 Å². The molecule has 0 bridgehead atoms. The predicted molar refractivity (Wildman–Crippen MR) is 142 cm³/mol. The van der Waals surface area contributed by atoms with Crippen molar-refractivity contribution in [2.45, 2.75) is 89.8 Å². The topological polar surface area (TPSA) is 54.3 Å². The average Bonchev–Trinajstić information content (AvgIpc) is 3.19. The highest BCUT2D eigenvalue weighted by Crippen LogP contribution is 2.36. The molecule has 2 aliphatic rings. The molecule has 0 radical (unpaired) electrons. The Morgan fingerprint density at radius 1 is 0.971 bits per heavy atom. The molecule has 1 aliphatic carbocycles. The molecule has 1 aromatic heterocycles.